The predicted octanol–water partition coefficient (Wildman–Crippen LogP) is 1.91. The topological polar surface area (TPSA) is 20.2 Å². The molecule has 0 aliphatic heterocycles. The van der Waals surface area contributed by atoms with Gasteiger partial charge >= 0.3 is 0 Å². The van der Waals surface area contributed by atoms with E-state index in [1.54, 1.807) is 0 Å². The van der Waals surface area contributed by atoms with Crippen LogP contribution in [0.25, 0.3) is 0 Å². The minimum atomic E-state index is -3.53. The van der Waals surface area contributed by atoms with Gasteiger partial charge in [0, 0.05) is 0 Å². The van der Waals surface area contributed by atoms with Crippen molar-refractivity contribution in [3.63, 3.8) is 0 Å². The summed E-state index contributed by atoms with van der Waals surface area (Å²) in [6, 6.07) is 0. The fourth-order valence-electron chi connectivity index (χ4n) is 0.589. The second-order valence-corrected chi connectivity index (χ2v) is 5.37. The van der Waals surface area contributed by atoms with E-state index in [2.05, 4.69) is 0 Å². The smallest absolute Gasteiger partial charge is 0.298 e. The molecule has 1 unspecified atom stereocenters. The predicted molar refractivity (Wildman–Crippen MR) is 38.6 cm³/mol. The van der Waals surface area contributed by atoms with Crippen LogP contribution in [0.2, 0.25) is 5.54 Å². The normalized spacial score (nSPS) is 16.1. The Morgan fingerprint density at radius 3 is 1.73 bits per heavy atom. The molecule has 0 fully saturated rings. The molecular weight excluding hydrogens is 173 g/mol. The van der Waals surface area contributed by atoms with Crippen LogP contribution in [0.15, 0.2) is 0 Å². The summed E-state index contributed by atoms with van der Waals surface area (Å²) in [5.74, 6) is 0. The summed E-state index contributed by atoms with van der Waals surface area (Å²) >= 11 is 0. The van der Waals surface area contributed by atoms with Gasteiger partial charge in [0.05, 0.1) is 0 Å². The third kappa shape index (κ3) is 2.48. The molecule has 0 heterocycles. The van der Waals surface area contributed by atoms with Crippen molar-refractivity contribution in [1.82, 2.24) is 0 Å². The third-order valence-corrected chi connectivity index (χ3v) is 3.56. The zero-order valence-electron chi connectivity index (χ0n) is 6.74. The standard InChI is InChI=1S/C6H12F3OSi/c1-4(2)11(10)6(8,9)5(3)7/h4-5,10H,1-3H3. The number of halogens is 3. The van der Waals surface area contributed by atoms with E-state index in [1.165, 1.54) is 13.8 Å². The zero-order chi connectivity index (χ0) is 9.23. The van der Waals surface area contributed by atoms with Gasteiger partial charge in [0.1, 0.15) is 0 Å². The van der Waals surface area contributed by atoms with Gasteiger partial charge in [0.2, 0.25) is 0 Å². The van der Waals surface area contributed by atoms with Gasteiger partial charge in [0.15, 0.2) is 6.17 Å². The van der Waals surface area contributed by atoms with Crippen LogP contribution in [0, 0.1) is 0 Å². The van der Waals surface area contributed by atoms with Crippen molar-refractivity contribution in [2.45, 2.75) is 38.0 Å². The molecule has 0 amide bonds. The molecule has 1 atom stereocenters. The molecule has 0 aliphatic carbocycles. The highest BCUT2D eigenvalue weighted by Crippen LogP contribution is 2.28. The quantitative estimate of drug-likeness (QED) is 0.666. The van der Waals surface area contributed by atoms with E-state index in [4.69, 9.17) is 4.80 Å². The van der Waals surface area contributed by atoms with Crippen LogP contribution in [0.1, 0.15) is 20.8 Å². The van der Waals surface area contributed by atoms with Crippen molar-refractivity contribution >= 4 is 9.04 Å². The molecule has 0 bridgehead atoms. The van der Waals surface area contributed by atoms with Gasteiger partial charge in [-0.15, -0.1) is 0 Å². The summed E-state index contributed by atoms with van der Waals surface area (Å²) in [5, 5.41) is 0. The van der Waals surface area contributed by atoms with Gasteiger partial charge in [0.25, 0.3) is 14.6 Å². The summed E-state index contributed by atoms with van der Waals surface area (Å²) in [6.07, 6.45) is -2.26. The van der Waals surface area contributed by atoms with E-state index < -0.39 is 26.3 Å². The van der Waals surface area contributed by atoms with Gasteiger partial charge in [-0.3, -0.25) is 0 Å². The minimum Gasteiger partial charge on any atom is -0.426 e. The maximum absolute atomic E-state index is 12.6. The lowest BCUT2D eigenvalue weighted by Gasteiger charge is -2.23. The first kappa shape index (κ1) is 11.0. The highest BCUT2D eigenvalue weighted by molar-refractivity contribution is 6.55. The number of rotatable bonds is 3. The van der Waals surface area contributed by atoms with Crippen molar-refractivity contribution in [3.8, 4) is 0 Å². The SMILES string of the molecule is CC(C)[Si](O)C(F)(F)C(C)F. The molecule has 5 heteroatoms. The highest BCUT2D eigenvalue weighted by Gasteiger charge is 2.48. The highest BCUT2D eigenvalue weighted by atomic mass is 28.3. The molecule has 1 radical (unpaired) electrons. The second-order valence-electron chi connectivity index (χ2n) is 2.78. The fourth-order valence-corrected chi connectivity index (χ4v) is 1.77. The first-order chi connectivity index (χ1) is 4.80. The number of hydrogen-bond donors (Lipinski definition) is 1. The lowest BCUT2D eigenvalue weighted by molar-refractivity contribution is -0.00522. The average Bonchev–Trinajstić information content (AvgIpc) is 1.85. The van der Waals surface area contributed by atoms with Crippen LogP contribution < -0.4 is 0 Å². The number of hydrogen-bond acceptors (Lipinski definition) is 1. The van der Waals surface area contributed by atoms with Crippen LogP contribution in [0.3, 0.4) is 0 Å². The Hall–Kier alpha value is -0.0331. The minimum absolute atomic E-state index is 0.534. The summed E-state index contributed by atoms with van der Waals surface area (Å²) in [5.41, 5.74) is -4.06. The molecule has 0 aromatic rings. The molecule has 0 aliphatic rings. The second kappa shape index (κ2) is 3.58. The van der Waals surface area contributed by atoms with Crippen molar-refractivity contribution in [1.29, 1.82) is 0 Å². The molecule has 0 saturated heterocycles. The molecule has 0 spiro atoms. The van der Waals surface area contributed by atoms with Crippen LogP contribution in [0.4, 0.5) is 13.2 Å². The molecule has 0 aromatic carbocycles. The molecule has 1 nitrogen and oxygen atoms in total. The summed E-state index contributed by atoms with van der Waals surface area (Å²) < 4.78 is 37.4. The first-order valence-corrected chi connectivity index (χ1v) is 4.90. The van der Waals surface area contributed by atoms with E-state index >= 15 is 0 Å². The van der Waals surface area contributed by atoms with E-state index in [9.17, 15) is 13.2 Å². The van der Waals surface area contributed by atoms with E-state index in [-0.39, 0.29) is 0 Å². The Bertz CT molecular complexity index is 127. The molecule has 11 heavy (non-hydrogen) atoms. The first-order valence-electron chi connectivity index (χ1n) is 3.38. The monoisotopic (exact) mass is 185 g/mol. The summed E-state index contributed by atoms with van der Waals surface area (Å²) in [4.78, 5) is 8.94. The van der Waals surface area contributed by atoms with Crippen LogP contribution >= 0.6 is 0 Å². The molecule has 67 valence electrons. The summed E-state index contributed by atoms with van der Waals surface area (Å²) in [7, 11) is -2.89. The largest absolute Gasteiger partial charge is 0.426 e. The molecular formula is C6H12F3OSi. The maximum atomic E-state index is 12.6. The van der Waals surface area contributed by atoms with Crippen molar-refractivity contribution < 1.29 is 18.0 Å². The maximum Gasteiger partial charge on any atom is 0.298 e. The average molecular weight is 185 g/mol. The molecule has 0 aromatic heterocycles. The van der Waals surface area contributed by atoms with Crippen LogP contribution in [-0.2, 0) is 0 Å². The molecule has 1 N–H and O–H groups in total. The summed E-state index contributed by atoms with van der Waals surface area (Å²) in [6.45, 7) is 3.69. The van der Waals surface area contributed by atoms with Gasteiger partial charge < -0.3 is 4.80 Å². The molecule has 0 saturated carbocycles. The Kier molecular flexibility index (Phi) is 3.57. The van der Waals surface area contributed by atoms with Gasteiger partial charge in [-0.05, 0) is 12.5 Å². The van der Waals surface area contributed by atoms with Crippen molar-refractivity contribution in [2.24, 2.45) is 0 Å². The Labute approximate surface area is 66.0 Å². The van der Waals surface area contributed by atoms with E-state index in [1.807, 2.05) is 0 Å². The Balaban J connectivity index is 4.29. The van der Waals surface area contributed by atoms with Crippen LogP contribution in [0.5, 0.6) is 0 Å². The number of alkyl halides is 3. The van der Waals surface area contributed by atoms with E-state index in [0.29, 0.717) is 0 Å². The van der Waals surface area contributed by atoms with Crippen LogP contribution in [-0.4, -0.2) is 25.6 Å². The lowest BCUT2D eigenvalue weighted by atomic mass is 10.5. The Morgan fingerprint density at radius 1 is 1.27 bits per heavy atom. The third-order valence-electron chi connectivity index (χ3n) is 1.39. The zero-order valence-corrected chi connectivity index (χ0v) is 7.74. The van der Waals surface area contributed by atoms with Gasteiger partial charge in [-0.1, -0.05) is 13.8 Å². The van der Waals surface area contributed by atoms with Gasteiger partial charge in [-0.2, -0.15) is 0 Å². The fraction of sp³-hybridized carbons (Fsp3) is 1.00. The van der Waals surface area contributed by atoms with Gasteiger partial charge in [-0.25, -0.2) is 13.2 Å². The molecule has 0 rings (SSSR count). The lowest BCUT2D eigenvalue weighted by Crippen LogP contribution is -2.46. The van der Waals surface area contributed by atoms with Crippen molar-refractivity contribution in [2.75, 3.05) is 0 Å². The van der Waals surface area contributed by atoms with Crippen molar-refractivity contribution in [3.05, 3.63) is 0 Å². The van der Waals surface area contributed by atoms with E-state index in [0.717, 1.165) is 6.92 Å². The Morgan fingerprint density at radius 2 is 1.64 bits per heavy atom.